The Kier molecular flexibility index (Phi) is 6.11. The van der Waals surface area contributed by atoms with Gasteiger partial charge in [0.15, 0.2) is 0 Å². The van der Waals surface area contributed by atoms with Crippen LogP contribution in [0.5, 0.6) is 0 Å². The number of anilines is 1. The summed E-state index contributed by atoms with van der Waals surface area (Å²) in [5.41, 5.74) is 0.732. The number of benzene rings is 1. The third-order valence-electron chi connectivity index (χ3n) is 2.10. The van der Waals surface area contributed by atoms with Crippen LogP contribution in [0.3, 0.4) is 0 Å². The quantitative estimate of drug-likeness (QED) is 0.839. The lowest BCUT2D eigenvalue weighted by atomic mass is 10.3. The van der Waals surface area contributed by atoms with E-state index in [1.807, 2.05) is 18.2 Å². The van der Waals surface area contributed by atoms with Crippen molar-refractivity contribution < 1.29 is 9.90 Å². The number of hydrogen-bond acceptors (Lipinski definition) is 3. The summed E-state index contributed by atoms with van der Waals surface area (Å²) in [5.74, 6) is -0.107. The van der Waals surface area contributed by atoms with Gasteiger partial charge in [-0.1, -0.05) is 15.9 Å². The molecule has 0 atom stereocenters. The summed E-state index contributed by atoms with van der Waals surface area (Å²) in [6, 6.07) is 5.54. The highest BCUT2D eigenvalue weighted by molar-refractivity contribution is 9.11. The molecule has 0 aliphatic rings. The predicted octanol–water partition coefficient (Wildman–Crippen LogP) is 2.07. The average Bonchev–Trinajstić information content (AvgIpc) is 2.22. The minimum absolute atomic E-state index is 0.0474. The van der Waals surface area contributed by atoms with Crippen molar-refractivity contribution >= 4 is 43.5 Å². The Bertz CT molecular complexity index is 399. The number of aliphatic hydroxyl groups is 1. The topological polar surface area (TPSA) is 52.6 Å². The van der Waals surface area contributed by atoms with Crippen molar-refractivity contribution in [2.24, 2.45) is 0 Å². The van der Waals surface area contributed by atoms with Crippen LogP contribution in [0.2, 0.25) is 0 Å². The number of likely N-dealkylation sites (N-methyl/N-ethyl adjacent to an activating group) is 1. The SMILES string of the molecule is CN(CCO)CC(=O)Nc1ccc(Br)cc1Br. The molecule has 0 aliphatic carbocycles. The zero-order chi connectivity index (χ0) is 12.8. The highest BCUT2D eigenvalue weighted by Gasteiger charge is 2.08. The Balaban J connectivity index is 2.56. The number of nitrogens with one attached hydrogen (secondary N) is 1. The van der Waals surface area contributed by atoms with Gasteiger partial charge in [-0.25, -0.2) is 0 Å². The molecule has 0 bridgehead atoms. The summed E-state index contributed by atoms with van der Waals surface area (Å²) in [7, 11) is 1.78. The van der Waals surface area contributed by atoms with E-state index in [1.165, 1.54) is 0 Å². The summed E-state index contributed by atoms with van der Waals surface area (Å²) in [4.78, 5) is 13.4. The largest absolute Gasteiger partial charge is 0.395 e. The number of amides is 1. The molecule has 2 N–H and O–H groups in total. The molecule has 0 unspecified atom stereocenters. The van der Waals surface area contributed by atoms with Gasteiger partial charge >= 0.3 is 0 Å². The summed E-state index contributed by atoms with van der Waals surface area (Å²) < 4.78 is 1.77. The normalized spacial score (nSPS) is 10.6. The molecule has 1 aromatic rings. The van der Waals surface area contributed by atoms with Crippen molar-refractivity contribution in [2.45, 2.75) is 0 Å². The van der Waals surface area contributed by atoms with Crippen LogP contribution < -0.4 is 5.32 Å². The second-order valence-corrected chi connectivity index (χ2v) is 5.40. The molecule has 0 saturated heterocycles. The Labute approximate surface area is 117 Å². The monoisotopic (exact) mass is 364 g/mol. The first kappa shape index (κ1) is 14.6. The summed E-state index contributed by atoms with van der Waals surface area (Å²) in [5, 5.41) is 11.5. The van der Waals surface area contributed by atoms with Crippen LogP contribution in [0.1, 0.15) is 0 Å². The van der Waals surface area contributed by atoms with Crippen molar-refractivity contribution in [3.05, 3.63) is 27.1 Å². The fourth-order valence-corrected chi connectivity index (χ4v) is 2.42. The van der Waals surface area contributed by atoms with Crippen LogP contribution >= 0.6 is 31.9 Å². The number of aliphatic hydroxyl groups excluding tert-OH is 1. The first-order valence-electron chi connectivity index (χ1n) is 5.07. The molecule has 0 radical (unpaired) electrons. The van der Waals surface area contributed by atoms with E-state index in [0.29, 0.717) is 6.54 Å². The van der Waals surface area contributed by atoms with E-state index < -0.39 is 0 Å². The highest BCUT2D eigenvalue weighted by atomic mass is 79.9. The van der Waals surface area contributed by atoms with Crippen molar-refractivity contribution in [3.8, 4) is 0 Å². The first-order chi connectivity index (χ1) is 8.02. The van der Waals surface area contributed by atoms with Crippen molar-refractivity contribution in [3.63, 3.8) is 0 Å². The average molecular weight is 366 g/mol. The molecule has 1 rings (SSSR count). The van der Waals surface area contributed by atoms with Crippen molar-refractivity contribution in [1.82, 2.24) is 4.90 Å². The molecule has 1 aromatic carbocycles. The Morgan fingerprint density at radius 2 is 2.18 bits per heavy atom. The maximum absolute atomic E-state index is 11.7. The number of carbonyl (C=O) groups is 1. The van der Waals surface area contributed by atoms with E-state index in [1.54, 1.807) is 11.9 Å². The predicted molar refractivity (Wildman–Crippen MR) is 75.1 cm³/mol. The van der Waals surface area contributed by atoms with Crippen LogP contribution in [0.4, 0.5) is 5.69 Å². The smallest absolute Gasteiger partial charge is 0.238 e. The molecule has 94 valence electrons. The lowest BCUT2D eigenvalue weighted by Gasteiger charge is -2.15. The Morgan fingerprint density at radius 1 is 1.47 bits per heavy atom. The number of hydrogen-bond donors (Lipinski definition) is 2. The second-order valence-electron chi connectivity index (χ2n) is 3.63. The molecule has 0 aromatic heterocycles. The van der Waals surface area contributed by atoms with E-state index in [0.717, 1.165) is 14.6 Å². The number of nitrogens with zero attached hydrogens (tertiary/aromatic N) is 1. The van der Waals surface area contributed by atoms with Gasteiger partial charge in [0.2, 0.25) is 5.91 Å². The number of halogens is 2. The van der Waals surface area contributed by atoms with Crippen LogP contribution in [-0.2, 0) is 4.79 Å². The van der Waals surface area contributed by atoms with Gasteiger partial charge < -0.3 is 10.4 Å². The molecule has 0 heterocycles. The van der Waals surface area contributed by atoms with Gasteiger partial charge in [-0.2, -0.15) is 0 Å². The fraction of sp³-hybridized carbons (Fsp3) is 0.364. The number of rotatable bonds is 5. The maximum atomic E-state index is 11.7. The molecular weight excluding hydrogens is 352 g/mol. The standard InChI is InChI=1S/C11H14Br2N2O2/c1-15(4-5-16)7-11(17)14-10-3-2-8(12)6-9(10)13/h2-3,6,16H,4-5,7H2,1H3,(H,14,17). The van der Waals surface area contributed by atoms with Crippen LogP contribution in [0.25, 0.3) is 0 Å². The molecular formula is C11H14Br2N2O2. The van der Waals surface area contributed by atoms with Gasteiger partial charge in [-0.15, -0.1) is 0 Å². The van der Waals surface area contributed by atoms with E-state index in [2.05, 4.69) is 37.2 Å². The fourth-order valence-electron chi connectivity index (χ4n) is 1.28. The lowest BCUT2D eigenvalue weighted by Crippen LogP contribution is -2.32. The molecule has 6 heteroatoms. The molecule has 17 heavy (non-hydrogen) atoms. The van der Waals surface area contributed by atoms with Gasteiger partial charge in [-0.05, 0) is 41.2 Å². The minimum Gasteiger partial charge on any atom is -0.395 e. The Morgan fingerprint density at radius 3 is 2.76 bits per heavy atom. The minimum atomic E-state index is -0.107. The van der Waals surface area contributed by atoms with E-state index >= 15 is 0 Å². The third kappa shape index (κ3) is 5.16. The first-order valence-corrected chi connectivity index (χ1v) is 6.66. The van der Waals surface area contributed by atoms with Crippen LogP contribution in [0.15, 0.2) is 27.1 Å². The molecule has 0 aliphatic heterocycles. The highest BCUT2D eigenvalue weighted by Crippen LogP contribution is 2.25. The zero-order valence-electron chi connectivity index (χ0n) is 9.41. The molecule has 0 spiro atoms. The number of carbonyl (C=O) groups excluding carboxylic acids is 1. The zero-order valence-corrected chi connectivity index (χ0v) is 12.6. The summed E-state index contributed by atoms with van der Waals surface area (Å²) >= 11 is 6.72. The lowest BCUT2D eigenvalue weighted by molar-refractivity contribution is -0.117. The molecule has 4 nitrogen and oxygen atoms in total. The third-order valence-corrected chi connectivity index (χ3v) is 3.25. The molecule has 1 amide bonds. The molecule has 0 saturated carbocycles. The summed E-state index contributed by atoms with van der Waals surface area (Å²) in [6.07, 6.45) is 0. The van der Waals surface area contributed by atoms with Crippen LogP contribution in [-0.4, -0.2) is 42.7 Å². The van der Waals surface area contributed by atoms with Gasteiger partial charge in [0.25, 0.3) is 0 Å². The summed E-state index contributed by atoms with van der Waals surface area (Å²) in [6.45, 7) is 0.781. The van der Waals surface area contributed by atoms with Gasteiger partial charge in [0, 0.05) is 15.5 Å². The van der Waals surface area contributed by atoms with E-state index in [4.69, 9.17) is 5.11 Å². The molecule has 0 fully saturated rings. The van der Waals surface area contributed by atoms with Gasteiger partial charge in [0.05, 0.1) is 18.8 Å². The van der Waals surface area contributed by atoms with Gasteiger partial charge in [-0.3, -0.25) is 9.69 Å². The van der Waals surface area contributed by atoms with E-state index in [-0.39, 0.29) is 19.1 Å². The van der Waals surface area contributed by atoms with Crippen molar-refractivity contribution in [1.29, 1.82) is 0 Å². The van der Waals surface area contributed by atoms with E-state index in [9.17, 15) is 4.79 Å². The second kappa shape index (κ2) is 7.10. The van der Waals surface area contributed by atoms with Gasteiger partial charge in [0.1, 0.15) is 0 Å². The van der Waals surface area contributed by atoms with Crippen LogP contribution in [0, 0.1) is 0 Å². The maximum Gasteiger partial charge on any atom is 0.238 e. The van der Waals surface area contributed by atoms with Crippen molar-refractivity contribution in [2.75, 3.05) is 32.1 Å². The Hall–Kier alpha value is -0.430.